The molecule has 2 aliphatic heterocycles. The Kier molecular flexibility index (Phi) is 4.41. The average molecular weight is 343 g/mol. The van der Waals surface area contributed by atoms with Gasteiger partial charge in [-0.1, -0.05) is 6.42 Å². The van der Waals surface area contributed by atoms with Crippen LogP contribution < -0.4 is 20.1 Å². The number of carbonyl (C=O) groups excluding carboxylic acids is 1. The van der Waals surface area contributed by atoms with Crippen molar-refractivity contribution in [3.63, 3.8) is 0 Å². The predicted octanol–water partition coefficient (Wildman–Crippen LogP) is 2.10. The third-order valence-electron chi connectivity index (χ3n) is 4.45. The van der Waals surface area contributed by atoms with Crippen LogP contribution in [-0.4, -0.2) is 34.1 Å². The first-order chi connectivity index (χ1) is 12.3. The van der Waals surface area contributed by atoms with E-state index in [0.717, 1.165) is 31.0 Å². The number of fused-ring (bicyclic) bond motifs is 2. The second-order valence-corrected chi connectivity index (χ2v) is 6.19. The third kappa shape index (κ3) is 3.52. The molecular weight excluding hydrogens is 322 g/mol. The molecule has 2 N–H and O–H groups in total. The van der Waals surface area contributed by atoms with E-state index in [0.29, 0.717) is 30.2 Å². The van der Waals surface area contributed by atoms with Gasteiger partial charge in [0, 0.05) is 37.7 Å². The molecule has 0 radical (unpaired) electrons. The summed E-state index contributed by atoms with van der Waals surface area (Å²) in [4.78, 5) is 12.0. The van der Waals surface area contributed by atoms with Crippen molar-refractivity contribution >= 4 is 11.7 Å². The lowest BCUT2D eigenvalue weighted by Gasteiger charge is -2.09. The van der Waals surface area contributed by atoms with Gasteiger partial charge in [-0.15, -0.1) is 10.2 Å². The Morgan fingerprint density at radius 2 is 2.08 bits per heavy atom. The summed E-state index contributed by atoms with van der Waals surface area (Å²) in [5, 5.41) is 14.2. The highest BCUT2D eigenvalue weighted by Crippen LogP contribution is 2.34. The molecule has 25 heavy (non-hydrogen) atoms. The maximum Gasteiger partial charge on any atom is 0.319 e. The van der Waals surface area contributed by atoms with E-state index in [1.54, 1.807) is 18.2 Å². The monoisotopic (exact) mass is 343 g/mol. The number of aromatic nitrogens is 3. The average Bonchev–Trinajstić information content (AvgIpc) is 3.15. The first-order valence-electron chi connectivity index (χ1n) is 8.65. The number of rotatable bonds is 4. The van der Waals surface area contributed by atoms with Gasteiger partial charge in [-0.05, 0) is 25.0 Å². The molecule has 0 unspecified atom stereocenters. The van der Waals surface area contributed by atoms with E-state index in [9.17, 15) is 4.79 Å². The van der Waals surface area contributed by atoms with Gasteiger partial charge < -0.3 is 24.7 Å². The number of amides is 2. The Labute approximate surface area is 145 Å². The number of carbonyl (C=O) groups is 1. The van der Waals surface area contributed by atoms with Gasteiger partial charge in [0.25, 0.3) is 0 Å². The topological polar surface area (TPSA) is 90.3 Å². The van der Waals surface area contributed by atoms with Crippen molar-refractivity contribution < 1.29 is 14.3 Å². The molecule has 0 fully saturated rings. The van der Waals surface area contributed by atoms with Gasteiger partial charge in [0.2, 0.25) is 6.79 Å². The normalized spacial score (nSPS) is 15.4. The Balaban J connectivity index is 1.29. The van der Waals surface area contributed by atoms with E-state index in [4.69, 9.17) is 9.47 Å². The Hall–Kier alpha value is -2.77. The summed E-state index contributed by atoms with van der Waals surface area (Å²) in [5.41, 5.74) is 0.665. The van der Waals surface area contributed by atoms with Crippen LogP contribution in [0, 0.1) is 0 Å². The van der Waals surface area contributed by atoms with Crippen LogP contribution in [0.1, 0.15) is 30.9 Å². The lowest BCUT2D eigenvalue weighted by molar-refractivity contribution is 0.174. The summed E-state index contributed by atoms with van der Waals surface area (Å²) in [6, 6.07) is 5.06. The smallest absolute Gasteiger partial charge is 0.319 e. The summed E-state index contributed by atoms with van der Waals surface area (Å²) in [7, 11) is 0. The zero-order chi connectivity index (χ0) is 17.1. The molecule has 0 spiro atoms. The molecule has 8 heteroatoms. The van der Waals surface area contributed by atoms with Crippen molar-refractivity contribution in [2.75, 3.05) is 18.7 Å². The molecular formula is C17H21N5O3. The third-order valence-corrected chi connectivity index (χ3v) is 4.45. The molecule has 4 rings (SSSR count). The zero-order valence-electron chi connectivity index (χ0n) is 14.0. The van der Waals surface area contributed by atoms with Gasteiger partial charge in [0.15, 0.2) is 11.5 Å². The van der Waals surface area contributed by atoms with Crippen molar-refractivity contribution in [1.29, 1.82) is 0 Å². The summed E-state index contributed by atoms with van der Waals surface area (Å²) < 4.78 is 12.8. The van der Waals surface area contributed by atoms with E-state index in [1.165, 1.54) is 12.8 Å². The van der Waals surface area contributed by atoms with E-state index in [2.05, 4.69) is 25.4 Å². The molecule has 0 saturated carbocycles. The molecule has 1 aromatic heterocycles. The minimum atomic E-state index is -0.255. The van der Waals surface area contributed by atoms with Crippen molar-refractivity contribution in [3.05, 3.63) is 29.8 Å². The van der Waals surface area contributed by atoms with Gasteiger partial charge in [0.05, 0.1) is 0 Å². The number of nitrogens with zero attached hydrogens (tertiary/aromatic N) is 3. The standard InChI is InChI=1S/C17H21N5O3/c23-17(19-12-5-6-13-14(10-12)25-11-24-13)18-8-7-16-21-20-15-4-2-1-3-9-22(15)16/h5-6,10H,1-4,7-9,11H2,(H2,18,19,23). The number of ether oxygens (including phenoxy) is 2. The second-order valence-electron chi connectivity index (χ2n) is 6.19. The summed E-state index contributed by atoms with van der Waals surface area (Å²) in [6.45, 7) is 1.70. The van der Waals surface area contributed by atoms with Crippen LogP contribution in [0.5, 0.6) is 11.5 Å². The Bertz CT molecular complexity index is 774. The molecule has 8 nitrogen and oxygen atoms in total. The number of nitrogens with one attached hydrogen (secondary N) is 2. The minimum absolute atomic E-state index is 0.216. The molecule has 2 aromatic rings. The number of anilines is 1. The number of benzene rings is 1. The van der Waals surface area contributed by atoms with Gasteiger partial charge in [-0.25, -0.2) is 4.79 Å². The van der Waals surface area contributed by atoms with Crippen molar-refractivity contribution in [3.8, 4) is 11.5 Å². The first-order valence-corrected chi connectivity index (χ1v) is 8.65. The number of urea groups is 1. The van der Waals surface area contributed by atoms with E-state index in [1.807, 2.05) is 0 Å². The van der Waals surface area contributed by atoms with Crippen LogP contribution in [0.4, 0.5) is 10.5 Å². The van der Waals surface area contributed by atoms with E-state index in [-0.39, 0.29) is 12.8 Å². The predicted molar refractivity (Wildman–Crippen MR) is 90.9 cm³/mol. The summed E-state index contributed by atoms with van der Waals surface area (Å²) in [6.07, 6.45) is 5.23. The largest absolute Gasteiger partial charge is 0.454 e. The highest BCUT2D eigenvalue weighted by Gasteiger charge is 2.16. The molecule has 132 valence electrons. The number of aryl methyl sites for hydroxylation is 1. The second kappa shape index (κ2) is 7.00. The van der Waals surface area contributed by atoms with Gasteiger partial charge in [0.1, 0.15) is 11.6 Å². The highest BCUT2D eigenvalue weighted by molar-refractivity contribution is 5.89. The van der Waals surface area contributed by atoms with Crippen molar-refractivity contribution in [1.82, 2.24) is 20.1 Å². The van der Waals surface area contributed by atoms with Crippen molar-refractivity contribution in [2.45, 2.75) is 38.6 Å². The fraction of sp³-hybridized carbons (Fsp3) is 0.471. The lowest BCUT2D eigenvalue weighted by atomic mass is 10.2. The van der Waals surface area contributed by atoms with Crippen LogP contribution in [0.2, 0.25) is 0 Å². The molecule has 0 atom stereocenters. The van der Waals surface area contributed by atoms with Gasteiger partial charge >= 0.3 is 6.03 Å². The van der Waals surface area contributed by atoms with Crippen LogP contribution in [0.15, 0.2) is 18.2 Å². The maximum absolute atomic E-state index is 12.0. The molecule has 2 aliphatic rings. The molecule has 2 amide bonds. The fourth-order valence-electron chi connectivity index (χ4n) is 3.17. The summed E-state index contributed by atoms with van der Waals surface area (Å²) >= 11 is 0. The van der Waals surface area contributed by atoms with Crippen LogP contribution in [0.25, 0.3) is 0 Å². The zero-order valence-corrected chi connectivity index (χ0v) is 14.0. The lowest BCUT2D eigenvalue weighted by Crippen LogP contribution is -2.31. The maximum atomic E-state index is 12.0. The van der Waals surface area contributed by atoms with Crippen molar-refractivity contribution in [2.24, 2.45) is 0 Å². The van der Waals surface area contributed by atoms with Crippen LogP contribution in [0.3, 0.4) is 0 Å². The van der Waals surface area contributed by atoms with Gasteiger partial charge in [-0.2, -0.15) is 0 Å². The minimum Gasteiger partial charge on any atom is -0.454 e. The quantitative estimate of drug-likeness (QED) is 0.887. The fourth-order valence-corrected chi connectivity index (χ4v) is 3.17. The molecule has 3 heterocycles. The molecule has 0 bridgehead atoms. The molecule has 0 aliphatic carbocycles. The number of hydrogen-bond acceptors (Lipinski definition) is 5. The Morgan fingerprint density at radius 1 is 1.16 bits per heavy atom. The highest BCUT2D eigenvalue weighted by atomic mass is 16.7. The number of hydrogen-bond donors (Lipinski definition) is 2. The molecule has 1 aromatic carbocycles. The first kappa shape index (κ1) is 15.7. The SMILES string of the molecule is O=C(NCCc1nnc2n1CCCCC2)Nc1ccc2c(c1)OCO2. The Morgan fingerprint density at radius 3 is 3.04 bits per heavy atom. The van der Waals surface area contributed by atoms with Crippen LogP contribution in [-0.2, 0) is 19.4 Å². The summed E-state index contributed by atoms with van der Waals surface area (Å²) in [5.74, 6) is 3.35. The van der Waals surface area contributed by atoms with Crippen LogP contribution >= 0.6 is 0 Å². The molecule has 0 saturated heterocycles. The van der Waals surface area contributed by atoms with E-state index < -0.39 is 0 Å². The van der Waals surface area contributed by atoms with Gasteiger partial charge in [-0.3, -0.25) is 0 Å². The van der Waals surface area contributed by atoms with E-state index >= 15 is 0 Å².